The Balaban J connectivity index is 2.06. The van der Waals surface area contributed by atoms with E-state index in [0.717, 1.165) is 0 Å². The Morgan fingerprint density at radius 3 is 2.53 bits per heavy atom. The van der Waals surface area contributed by atoms with Crippen LogP contribution in [0.2, 0.25) is 0 Å². The first-order chi connectivity index (χ1) is 9.20. The third-order valence-corrected chi connectivity index (χ3v) is 2.59. The Morgan fingerprint density at radius 1 is 1.16 bits per heavy atom. The van der Waals surface area contributed by atoms with E-state index in [1.807, 2.05) is 30.3 Å². The maximum Gasteiger partial charge on any atom is 0.340 e. The fourth-order valence-corrected chi connectivity index (χ4v) is 1.61. The summed E-state index contributed by atoms with van der Waals surface area (Å²) in [6, 6.07) is 13.5. The number of halogens is 1. The van der Waals surface area contributed by atoms with E-state index in [0.29, 0.717) is 11.3 Å². The third kappa shape index (κ3) is 3.31. The molecule has 0 N–H and O–H groups in total. The van der Waals surface area contributed by atoms with Crippen molar-refractivity contribution in [3.8, 4) is 5.75 Å². The molecule has 0 saturated carbocycles. The van der Waals surface area contributed by atoms with Crippen molar-refractivity contribution in [1.29, 1.82) is 0 Å². The van der Waals surface area contributed by atoms with E-state index in [2.05, 4.69) is 4.74 Å². The lowest BCUT2D eigenvalue weighted by molar-refractivity contribution is 0.0595. The Bertz CT molecular complexity index is 567. The van der Waals surface area contributed by atoms with Gasteiger partial charge in [0.2, 0.25) is 0 Å². The summed E-state index contributed by atoms with van der Waals surface area (Å²) < 4.78 is 23.6. The Hall–Kier alpha value is -2.36. The van der Waals surface area contributed by atoms with Crippen LogP contribution < -0.4 is 4.74 Å². The van der Waals surface area contributed by atoms with Crippen molar-refractivity contribution >= 4 is 5.97 Å². The number of rotatable bonds is 4. The normalized spacial score (nSPS) is 10.0. The topological polar surface area (TPSA) is 35.5 Å². The van der Waals surface area contributed by atoms with E-state index in [1.165, 1.54) is 19.2 Å². The van der Waals surface area contributed by atoms with Gasteiger partial charge in [0.15, 0.2) is 0 Å². The van der Waals surface area contributed by atoms with Crippen LogP contribution in [0.1, 0.15) is 15.9 Å². The van der Waals surface area contributed by atoms with E-state index in [-0.39, 0.29) is 12.2 Å². The van der Waals surface area contributed by atoms with Gasteiger partial charge in [0.05, 0.1) is 12.7 Å². The summed E-state index contributed by atoms with van der Waals surface area (Å²) in [6.45, 7) is 0.238. The van der Waals surface area contributed by atoms with Crippen molar-refractivity contribution in [3.63, 3.8) is 0 Å². The maximum atomic E-state index is 13.7. The molecule has 0 heterocycles. The number of methoxy groups -OCH3 is 1. The molecule has 0 spiro atoms. The fraction of sp³-hybridized carbons (Fsp3) is 0.133. The highest BCUT2D eigenvalue weighted by molar-refractivity contribution is 5.89. The standard InChI is InChI=1S/C15H13FO3/c1-18-15(17)13-8-7-11(9-14(13)16)10-19-12-5-3-2-4-6-12/h2-9H,10H2,1H3. The molecule has 2 rings (SSSR count). The van der Waals surface area contributed by atoms with Crippen molar-refractivity contribution in [2.75, 3.05) is 7.11 Å². The zero-order valence-corrected chi connectivity index (χ0v) is 10.4. The highest BCUT2D eigenvalue weighted by Crippen LogP contribution is 2.15. The summed E-state index contributed by atoms with van der Waals surface area (Å²) in [4.78, 5) is 11.2. The Labute approximate surface area is 110 Å². The highest BCUT2D eigenvalue weighted by atomic mass is 19.1. The molecular formula is C15H13FO3. The van der Waals surface area contributed by atoms with Crippen LogP contribution in [0.5, 0.6) is 5.75 Å². The second-order valence-corrected chi connectivity index (χ2v) is 3.91. The molecule has 0 atom stereocenters. The molecule has 0 bridgehead atoms. The zero-order chi connectivity index (χ0) is 13.7. The minimum Gasteiger partial charge on any atom is -0.489 e. The highest BCUT2D eigenvalue weighted by Gasteiger charge is 2.12. The molecule has 0 radical (unpaired) electrons. The average molecular weight is 260 g/mol. The molecule has 0 amide bonds. The van der Waals surface area contributed by atoms with Gasteiger partial charge in [-0.05, 0) is 29.8 Å². The molecule has 0 aliphatic rings. The predicted octanol–water partition coefficient (Wildman–Crippen LogP) is 3.19. The molecule has 2 aromatic carbocycles. The van der Waals surface area contributed by atoms with Gasteiger partial charge in [0.1, 0.15) is 18.2 Å². The van der Waals surface area contributed by atoms with Gasteiger partial charge in [-0.2, -0.15) is 0 Å². The van der Waals surface area contributed by atoms with Crippen LogP contribution in [0.4, 0.5) is 4.39 Å². The second-order valence-electron chi connectivity index (χ2n) is 3.91. The van der Waals surface area contributed by atoms with E-state index in [4.69, 9.17) is 4.74 Å². The van der Waals surface area contributed by atoms with Crippen LogP contribution in [0.25, 0.3) is 0 Å². The van der Waals surface area contributed by atoms with Gasteiger partial charge in [-0.15, -0.1) is 0 Å². The van der Waals surface area contributed by atoms with Gasteiger partial charge in [-0.25, -0.2) is 9.18 Å². The minimum absolute atomic E-state index is 0.0778. The van der Waals surface area contributed by atoms with Crippen molar-refractivity contribution in [2.24, 2.45) is 0 Å². The van der Waals surface area contributed by atoms with Gasteiger partial charge >= 0.3 is 5.97 Å². The van der Waals surface area contributed by atoms with Crippen LogP contribution in [0, 0.1) is 5.82 Å². The first kappa shape index (κ1) is 13.1. The summed E-state index contributed by atoms with van der Waals surface area (Å²) in [5.41, 5.74) is 0.569. The molecule has 2 aromatic rings. The van der Waals surface area contributed by atoms with E-state index < -0.39 is 11.8 Å². The summed E-state index contributed by atoms with van der Waals surface area (Å²) in [7, 11) is 1.22. The number of carbonyl (C=O) groups is 1. The second kappa shape index (κ2) is 6.00. The van der Waals surface area contributed by atoms with Gasteiger partial charge in [-0.1, -0.05) is 24.3 Å². The predicted molar refractivity (Wildman–Crippen MR) is 68.5 cm³/mol. The van der Waals surface area contributed by atoms with Crippen LogP contribution in [-0.2, 0) is 11.3 Å². The number of hydrogen-bond donors (Lipinski definition) is 0. The lowest BCUT2D eigenvalue weighted by atomic mass is 10.1. The minimum atomic E-state index is -0.687. The largest absolute Gasteiger partial charge is 0.489 e. The number of ether oxygens (including phenoxy) is 2. The van der Waals surface area contributed by atoms with Gasteiger partial charge < -0.3 is 9.47 Å². The maximum absolute atomic E-state index is 13.7. The average Bonchev–Trinajstić information content (AvgIpc) is 2.45. The number of hydrogen-bond acceptors (Lipinski definition) is 3. The van der Waals surface area contributed by atoms with Crippen molar-refractivity contribution in [1.82, 2.24) is 0 Å². The zero-order valence-electron chi connectivity index (χ0n) is 10.4. The van der Waals surface area contributed by atoms with Crippen LogP contribution in [0.3, 0.4) is 0 Å². The first-order valence-corrected chi connectivity index (χ1v) is 5.75. The van der Waals surface area contributed by atoms with Crippen molar-refractivity contribution in [2.45, 2.75) is 6.61 Å². The quantitative estimate of drug-likeness (QED) is 0.792. The first-order valence-electron chi connectivity index (χ1n) is 5.75. The molecule has 19 heavy (non-hydrogen) atoms. The molecule has 0 saturated heterocycles. The number of benzene rings is 2. The monoisotopic (exact) mass is 260 g/mol. The summed E-state index contributed by atoms with van der Waals surface area (Å²) in [5, 5.41) is 0. The molecule has 98 valence electrons. The van der Waals surface area contributed by atoms with Crippen molar-refractivity contribution in [3.05, 3.63) is 65.5 Å². The molecule has 0 aromatic heterocycles. The number of carbonyl (C=O) groups excluding carboxylic acids is 1. The van der Waals surface area contributed by atoms with Crippen LogP contribution in [0.15, 0.2) is 48.5 Å². The molecule has 4 heteroatoms. The summed E-state index contributed by atoms with van der Waals surface area (Å²) in [6.07, 6.45) is 0. The van der Waals surface area contributed by atoms with E-state index in [9.17, 15) is 9.18 Å². The molecule has 0 unspecified atom stereocenters. The summed E-state index contributed by atoms with van der Waals surface area (Å²) >= 11 is 0. The molecule has 0 fully saturated rings. The van der Waals surface area contributed by atoms with E-state index in [1.54, 1.807) is 6.07 Å². The SMILES string of the molecule is COC(=O)c1ccc(COc2ccccc2)cc1F. The van der Waals surface area contributed by atoms with Gasteiger partial charge in [-0.3, -0.25) is 0 Å². The lowest BCUT2D eigenvalue weighted by Crippen LogP contribution is -2.05. The summed E-state index contributed by atoms with van der Waals surface area (Å²) in [5.74, 6) is -0.589. The number of esters is 1. The van der Waals surface area contributed by atoms with Crippen LogP contribution in [-0.4, -0.2) is 13.1 Å². The van der Waals surface area contributed by atoms with Crippen molar-refractivity contribution < 1.29 is 18.7 Å². The Kier molecular flexibility index (Phi) is 4.13. The Morgan fingerprint density at radius 2 is 1.89 bits per heavy atom. The van der Waals surface area contributed by atoms with Gasteiger partial charge in [0.25, 0.3) is 0 Å². The molecule has 0 aliphatic heterocycles. The van der Waals surface area contributed by atoms with Crippen LogP contribution >= 0.6 is 0 Å². The molecule has 0 aliphatic carbocycles. The fourth-order valence-electron chi connectivity index (χ4n) is 1.61. The van der Waals surface area contributed by atoms with Gasteiger partial charge in [0, 0.05) is 0 Å². The molecular weight excluding hydrogens is 247 g/mol. The number of para-hydroxylation sites is 1. The molecule has 3 nitrogen and oxygen atoms in total. The lowest BCUT2D eigenvalue weighted by Gasteiger charge is -2.07. The third-order valence-electron chi connectivity index (χ3n) is 2.59. The van der Waals surface area contributed by atoms with E-state index >= 15 is 0 Å². The smallest absolute Gasteiger partial charge is 0.340 e.